The summed E-state index contributed by atoms with van der Waals surface area (Å²) in [5.41, 5.74) is 0.0707. The number of halogens is 4. The van der Waals surface area contributed by atoms with Gasteiger partial charge in [-0.15, -0.1) is 0 Å². The molecule has 10 heteroatoms. The number of alkyl halides is 4. The number of hydrogen-bond acceptors (Lipinski definition) is 5. The zero-order valence-electron chi connectivity index (χ0n) is 15.5. The average molecular weight is 408 g/mol. The Morgan fingerprint density at radius 3 is 2.93 bits per heavy atom. The zero-order chi connectivity index (χ0) is 20.5. The van der Waals surface area contributed by atoms with Gasteiger partial charge in [-0.25, -0.2) is 9.37 Å². The van der Waals surface area contributed by atoms with E-state index in [0.29, 0.717) is 34.4 Å². The molecule has 0 bridgehead atoms. The van der Waals surface area contributed by atoms with Gasteiger partial charge in [0.05, 0.1) is 24.0 Å². The zero-order valence-corrected chi connectivity index (χ0v) is 15.5. The first kappa shape index (κ1) is 19.6. The summed E-state index contributed by atoms with van der Waals surface area (Å²) in [5, 5.41) is 10.6. The number of pyridine rings is 2. The van der Waals surface area contributed by atoms with Gasteiger partial charge in [-0.05, 0) is 37.6 Å². The van der Waals surface area contributed by atoms with Crippen LogP contribution in [0.4, 0.5) is 23.4 Å². The molecular formula is C19H20F4N6. The van der Waals surface area contributed by atoms with E-state index in [0.717, 1.165) is 17.6 Å². The first-order valence-electron chi connectivity index (χ1n) is 9.30. The minimum Gasteiger partial charge on any atom is -0.366 e. The third-order valence-corrected chi connectivity index (χ3v) is 4.86. The number of piperidine rings is 1. The number of fused-ring (bicyclic) bond motifs is 1. The van der Waals surface area contributed by atoms with Crippen molar-refractivity contribution in [1.82, 2.24) is 25.1 Å². The molecule has 0 saturated carbocycles. The van der Waals surface area contributed by atoms with E-state index in [1.165, 1.54) is 12.4 Å². The Bertz CT molecular complexity index is 994. The number of rotatable bonds is 5. The summed E-state index contributed by atoms with van der Waals surface area (Å²) in [4.78, 5) is 8.84. The second-order valence-electron chi connectivity index (χ2n) is 7.25. The highest BCUT2D eigenvalue weighted by Gasteiger charge is 2.32. The Morgan fingerprint density at radius 2 is 2.17 bits per heavy atom. The minimum atomic E-state index is -4.36. The van der Waals surface area contributed by atoms with Crippen LogP contribution in [0.1, 0.15) is 12.8 Å². The second-order valence-corrected chi connectivity index (χ2v) is 7.25. The molecule has 4 rings (SSSR count). The molecule has 4 heterocycles. The third kappa shape index (κ3) is 4.64. The van der Waals surface area contributed by atoms with E-state index in [1.807, 2.05) is 6.07 Å². The number of nitrogens with zero attached hydrogens (tertiary/aromatic N) is 4. The molecule has 154 valence electrons. The number of anilines is 1. The molecular weight excluding hydrogens is 388 g/mol. The smallest absolute Gasteiger partial charge is 0.366 e. The molecule has 1 atom stereocenters. The molecule has 6 nitrogen and oxygen atoms in total. The molecule has 1 saturated heterocycles. The highest BCUT2D eigenvalue weighted by Crippen LogP contribution is 2.29. The van der Waals surface area contributed by atoms with E-state index < -0.39 is 18.4 Å². The molecule has 0 unspecified atom stereocenters. The highest BCUT2D eigenvalue weighted by atomic mass is 19.4. The van der Waals surface area contributed by atoms with E-state index in [9.17, 15) is 17.6 Å². The molecule has 0 radical (unpaired) electrons. The van der Waals surface area contributed by atoms with Gasteiger partial charge in [-0.1, -0.05) is 0 Å². The molecule has 0 amide bonds. The van der Waals surface area contributed by atoms with E-state index in [4.69, 9.17) is 0 Å². The molecule has 3 aromatic heterocycles. The molecule has 3 aromatic rings. The van der Waals surface area contributed by atoms with Crippen LogP contribution in [-0.4, -0.2) is 51.2 Å². The standard InChI is InChI=1S/C19H20F4N6/c20-18(4-2-5-24-10-18)11-26-17-14-3-1-6-25-16(14)7-15(28-17)13-8-27-29(9-13)12-19(21,22)23/h1,3,6-9,24H,2,4-5,10-12H2,(H,26,28)/t18-/m1/s1. The summed E-state index contributed by atoms with van der Waals surface area (Å²) in [6.07, 6.45) is 1.08. The quantitative estimate of drug-likeness (QED) is 0.632. The van der Waals surface area contributed by atoms with Crippen LogP contribution < -0.4 is 10.6 Å². The van der Waals surface area contributed by atoms with Crippen molar-refractivity contribution < 1.29 is 17.6 Å². The largest absolute Gasteiger partial charge is 0.408 e. The summed E-state index contributed by atoms with van der Waals surface area (Å²) in [7, 11) is 0. The third-order valence-electron chi connectivity index (χ3n) is 4.86. The lowest BCUT2D eigenvalue weighted by Crippen LogP contribution is -2.46. The molecule has 29 heavy (non-hydrogen) atoms. The first-order chi connectivity index (χ1) is 13.8. The highest BCUT2D eigenvalue weighted by molar-refractivity contribution is 5.91. The van der Waals surface area contributed by atoms with Crippen molar-refractivity contribution in [1.29, 1.82) is 0 Å². The number of aromatic nitrogens is 4. The van der Waals surface area contributed by atoms with E-state index >= 15 is 0 Å². The summed E-state index contributed by atoms with van der Waals surface area (Å²) in [6.45, 7) is -0.0383. The predicted molar refractivity (Wildman–Crippen MR) is 101 cm³/mol. The fraction of sp³-hybridized carbons (Fsp3) is 0.421. The summed E-state index contributed by atoms with van der Waals surface area (Å²) < 4.78 is 53.6. The Morgan fingerprint density at radius 1 is 1.31 bits per heavy atom. The second kappa shape index (κ2) is 7.58. The Hall–Kier alpha value is -2.75. The van der Waals surface area contributed by atoms with Crippen molar-refractivity contribution in [2.45, 2.75) is 31.2 Å². The molecule has 0 aromatic carbocycles. The Balaban J connectivity index is 1.64. The number of nitrogens with one attached hydrogen (secondary N) is 2. The van der Waals surface area contributed by atoms with Gasteiger partial charge < -0.3 is 10.6 Å². The SMILES string of the molecule is FC(F)(F)Cn1cc(-c2cc3ncccc3c(NC[C@@]3(F)CCCNC3)n2)cn1. The average Bonchev–Trinajstić information content (AvgIpc) is 3.13. The normalized spacial score (nSPS) is 20.1. The van der Waals surface area contributed by atoms with Crippen molar-refractivity contribution in [3.05, 3.63) is 36.8 Å². The topological polar surface area (TPSA) is 67.7 Å². The van der Waals surface area contributed by atoms with Gasteiger partial charge in [0.15, 0.2) is 0 Å². The van der Waals surface area contributed by atoms with Crippen LogP contribution in [0, 0.1) is 0 Å². The van der Waals surface area contributed by atoms with Crippen LogP contribution in [-0.2, 0) is 6.54 Å². The van der Waals surface area contributed by atoms with Gasteiger partial charge >= 0.3 is 6.18 Å². The lowest BCUT2D eigenvalue weighted by Gasteiger charge is -2.30. The number of hydrogen-bond donors (Lipinski definition) is 2. The van der Waals surface area contributed by atoms with Crippen molar-refractivity contribution in [2.75, 3.05) is 25.0 Å². The van der Waals surface area contributed by atoms with E-state index in [1.54, 1.807) is 18.3 Å². The van der Waals surface area contributed by atoms with Crippen LogP contribution in [0.15, 0.2) is 36.8 Å². The Kier molecular flexibility index (Phi) is 5.12. The monoisotopic (exact) mass is 408 g/mol. The van der Waals surface area contributed by atoms with Gasteiger partial charge in [0.2, 0.25) is 0 Å². The van der Waals surface area contributed by atoms with Gasteiger partial charge in [-0.2, -0.15) is 18.3 Å². The van der Waals surface area contributed by atoms with Gasteiger partial charge in [0.1, 0.15) is 18.0 Å². The van der Waals surface area contributed by atoms with Gasteiger partial charge in [0.25, 0.3) is 0 Å². The molecule has 2 N–H and O–H groups in total. The van der Waals surface area contributed by atoms with Crippen molar-refractivity contribution in [3.8, 4) is 11.3 Å². The fourth-order valence-corrected chi connectivity index (χ4v) is 3.45. The van der Waals surface area contributed by atoms with Crippen LogP contribution in [0.5, 0.6) is 0 Å². The van der Waals surface area contributed by atoms with Crippen molar-refractivity contribution in [2.24, 2.45) is 0 Å². The maximum absolute atomic E-state index is 15.0. The molecule has 1 aliphatic heterocycles. The predicted octanol–water partition coefficient (Wildman–Crippen LogP) is 3.56. The van der Waals surface area contributed by atoms with Gasteiger partial charge in [-0.3, -0.25) is 9.67 Å². The van der Waals surface area contributed by atoms with E-state index in [2.05, 4.69) is 25.7 Å². The molecule has 0 spiro atoms. The summed E-state index contributed by atoms with van der Waals surface area (Å²) in [6, 6.07) is 5.25. The maximum atomic E-state index is 15.0. The fourth-order valence-electron chi connectivity index (χ4n) is 3.45. The minimum absolute atomic E-state index is 0.0772. The van der Waals surface area contributed by atoms with Crippen molar-refractivity contribution >= 4 is 16.7 Å². The maximum Gasteiger partial charge on any atom is 0.408 e. The summed E-state index contributed by atoms with van der Waals surface area (Å²) >= 11 is 0. The molecule has 1 fully saturated rings. The first-order valence-corrected chi connectivity index (χ1v) is 9.30. The van der Waals surface area contributed by atoms with E-state index in [-0.39, 0.29) is 13.1 Å². The molecule has 1 aliphatic rings. The lowest BCUT2D eigenvalue weighted by atomic mass is 9.96. The van der Waals surface area contributed by atoms with Gasteiger partial charge in [0, 0.05) is 29.9 Å². The van der Waals surface area contributed by atoms with Crippen molar-refractivity contribution in [3.63, 3.8) is 0 Å². The van der Waals surface area contributed by atoms with Crippen LogP contribution >= 0.6 is 0 Å². The van der Waals surface area contributed by atoms with Crippen LogP contribution in [0.25, 0.3) is 22.2 Å². The Labute approximate surface area is 164 Å². The van der Waals surface area contributed by atoms with Crippen LogP contribution in [0.3, 0.4) is 0 Å². The summed E-state index contributed by atoms with van der Waals surface area (Å²) in [5.74, 6) is 0.441. The van der Waals surface area contributed by atoms with Crippen LogP contribution in [0.2, 0.25) is 0 Å². The molecule has 0 aliphatic carbocycles. The lowest BCUT2D eigenvalue weighted by molar-refractivity contribution is -0.142.